The van der Waals surface area contributed by atoms with E-state index >= 15 is 0 Å². The second-order valence-corrected chi connectivity index (χ2v) is 6.61. The Morgan fingerprint density at radius 1 is 1.48 bits per heavy atom. The number of amides is 1. The van der Waals surface area contributed by atoms with Gasteiger partial charge in [0.15, 0.2) is 0 Å². The summed E-state index contributed by atoms with van der Waals surface area (Å²) < 4.78 is 0. The highest BCUT2D eigenvalue weighted by molar-refractivity contribution is 8.00. The third-order valence-electron chi connectivity index (χ3n) is 4.14. The predicted octanol–water partition coefficient (Wildman–Crippen LogP) is -0.470. The number of carbonyl (C=O) groups is 2. The summed E-state index contributed by atoms with van der Waals surface area (Å²) in [6.45, 7) is 0.411. The molecule has 1 fully saturated rings. The van der Waals surface area contributed by atoms with Gasteiger partial charge in [-0.15, -0.1) is 11.8 Å². The zero-order chi connectivity index (χ0) is 16.1. The van der Waals surface area contributed by atoms with E-state index in [1.165, 1.54) is 16.7 Å². The van der Waals surface area contributed by atoms with Crippen LogP contribution in [0.15, 0.2) is 47.8 Å². The first-order valence-corrected chi connectivity index (χ1v) is 8.15. The van der Waals surface area contributed by atoms with Gasteiger partial charge in [0.25, 0.3) is 0 Å². The molecule has 120 valence electrons. The van der Waals surface area contributed by atoms with Crippen LogP contribution in [0.1, 0.15) is 0 Å². The van der Waals surface area contributed by atoms with Gasteiger partial charge < -0.3 is 21.2 Å². The van der Waals surface area contributed by atoms with Crippen molar-refractivity contribution in [2.24, 2.45) is 5.73 Å². The number of hydrogen-bond donors (Lipinski definition) is 3. The van der Waals surface area contributed by atoms with Crippen LogP contribution in [-0.2, 0) is 9.59 Å². The van der Waals surface area contributed by atoms with E-state index in [9.17, 15) is 14.7 Å². The van der Waals surface area contributed by atoms with Crippen LogP contribution in [0.25, 0.3) is 0 Å². The standard InChI is InChI=1S/C14H15N5O3S/c15-10-12(20)19-11(14(21)22)8(7-23-13(10)19)6-17-4-5-18-9(17)2-1-3-16-18/h1-5,10,13,16H,6-7,15H2,(H,21,22)/t10-,13+/m1/s1. The van der Waals surface area contributed by atoms with Crippen molar-refractivity contribution in [3.63, 3.8) is 0 Å². The Balaban J connectivity index is 1.63. The van der Waals surface area contributed by atoms with Crippen LogP contribution in [0.3, 0.4) is 0 Å². The van der Waals surface area contributed by atoms with E-state index in [4.69, 9.17) is 5.73 Å². The number of hydrazine groups is 1. The van der Waals surface area contributed by atoms with E-state index in [1.54, 1.807) is 6.20 Å². The van der Waals surface area contributed by atoms with Gasteiger partial charge in [0.2, 0.25) is 5.91 Å². The lowest BCUT2D eigenvalue weighted by atomic mass is 10.0. The lowest BCUT2D eigenvalue weighted by molar-refractivity contribution is -0.148. The van der Waals surface area contributed by atoms with Gasteiger partial charge in [-0.1, -0.05) is 0 Å². The summed E-state index contributed by atoms with van der Waals surface area (Å²) in [7, 11) is 0. The Kier molecular flexibility index (Phi) is 3.13. The number of rotatable bonds is 3. The van der Waals surface area contributed by atoms with Crippen molar-refractivity contribution in [1.29, 1.82) is 0 Å². The minimum atomic E-state index is -1.08. The fourth-order valence-electron chi connectivity index (χ4n) is 3.02. The van der Waals surface area contributed by atoms with E-state index < -0.39 is 12.0 Å². The highest BCUT2D eigenvalue weighted by atomic mass is 32.2. The van der Waals surface area contributed by atoms with Crippen LogP contribution in [0, 0.1) is 0 Å². The molecule has 2 atom stereocenters. The molecular weight excluding hydrogens is 318 g/mol. The number of carboxylic acid groups (broad SMARTS) is 1. The number of nitrogens with one attached hydrogen (secondary N) is 1. The molecule has 0 aliphatic carbocycles. The van der Waals surface area contributed by atoms with Crippen LogP contribution < -0.4 is 11.2 Å². The molecule has 8 nitrogen and oxygen atoms in total. The van der Waals surface area contributed by atoms with Gasteiger partial charge in [0.05, 0.1) is 0 Å². The molecule has 9 heteroatoms. The first-order chi connectivity index (χ1) is 11.1. The van der Waals surface area contributed by atoms with Crippen molar-refractivity contribution < 1.29 is 14.7 Å². The van der Waals surface area contributed by atoms with Gasteiger partial charge in [-0.3, -0.25) is 9.69 Å². The average molecular weight is 333 g/mol. The zero-order valence-corrected chi connectivity index (χ0v) is 12.9. The number of fused-ring (bicyclic) bond motifs is 2. The van der Waals surface area contributed by atoms with Gasteiger partial charge in [-0.05, 0) is 17.7 Å². The monoisotopic (exact) mass is 333 g/mol. The molecule has 1 saturated heterocycles. The van der Waals surface area contributed by atoms with Crippen molar-refractivity contribution in [1.82, 2.24) is 20.2 Å². The molecule has 4 rings (SSSR count). The summed E-state index contributed by atoms with van der Waals surface area (Å²) in [6.07, 6.45) is 9.35. The molecule has 1 amide bonds. The fourth-order valence-corrected chi connectivity index (χ4v) is 4.30. The van der Waals surface area contributed by atoms with Gasteiger partial charge in [-0.25, -0.2) is 9.80 Å². The molecule has 0 aromatic carbocycles. The van der Waals surface area contributed by atoms with Crippen molar-refractivity contribution in [2.75, 3.05) is 12.3 Å². The number of thioether (sulfide) groups is 1. The summed E-state index contributed by atoms with van der Waals surface area (Å²) in [5.74, 6) is 0.0481. The summed E-state index contributed by atoms with van der Waals surface area (Å²) >= 11 is 1.51. The maximum Gasteiger partial charge on any atom is 0.352 e. The van der Waals surface area contributed by atoms with Gasteiger partial charge in [0, 0.05) is 30.9 Å². The first kappa shape index (κ1) is 14.2. The van der Waals surface area contributed by atoms with Gasteiger partial charge in [-0.2, -0.15) is 0 Å². The predicted molar refractivity (Wildman–Crippen MR) is 83.8 cm³/mol. The highest BCUT2D eigenvalue weighted by Gasteiger charge is 2.51. The number of allylic oxidation sites excluding steroid dienone is 2. The van der Waals surface area contributed by atoms with Crippen LogP contribution in [-0.4, -0.2) is 55.5 Å². The Morgan fingerprint density at radius 3 is 3.09 bits per heavy atom. The Labute approximate surface area is 136 Å². The minimum absolute atomic E-state index is 0.0761. The van der Waals surface area contributed by atoms with E-state index in [-0.39, 0.29) is 17.0 Å². The largest absolute Gasteiger partial charge is 0.477 e. The third kappa shape index (κ3) is 2.04. The van der Waals surface area contributed by atoms with E-state index in [2.05, 4.69) is 5.43 Å². The first-order valence-electron chi connectivity index (χ1n) is 7.10. The SMILES string of the molecule is N[C@@H]1C(=O)N2C(C(=O)O)=C(CN3C=CN4NC=CC=C34)CS[C@@H]12. The average Bonchev–Trinajstić information content (AvgIpc) is 2.96. The lowest BCUT2D eigenvalue weighted by Gasteiger charge is -2.48. The van der Waals surface area contributed by atoms with Gasteiger partial charge in [0.1, 0.15) is 22.9 Å². The molecule has 0 aromatic heterocycles. The number of carbonyl (C=O) groups excluding carboxylic acids is 1. The van der Waals surface area contributed by atoms with Gasteiger partial charge >= 0.3 is 5.97 Å². The topological polar surface area (TPSA) is 102 Å². The van der Waals surface area contributed by atoms with Crippen molar-refractivity contribution >= 4 is 23.6 Å². The maximum atomic E-state index is 11.9. The molecule has 4 aliphatic heterocycles. The molecule has 0 saturated carbocycles. The molecule has 0 aromatic rings. The molecule has 4 heterocycles. The van der Waals surface area contributed by atoms with E-state index in [0.29, 0.717) is 17.9 Å². The van der Waals surface area contributed by atoms with Crippen molar-refractivity contribution in [3.8, 4) is 0 Å². The number of hydrogen-bond acceptors (Lipinski definition) is 7. The molecule has 4 N–H and O–H groups in total. The van der Waals surface area contributed by atoms with E-state index in [1.807, 2.05) is 34.5 Å². The molecule has 0 radical (unpaired) electrons. The number of nitrogens with two attached hydrogens (primary N) is 1. The normalized spacial score (nSPS) is 28.3. The molecule has 4 aliphatic rings. The van der Waals surface area contributed by atoms with Crippen LogP contribution >= 0.6 is 11.8 Å². The summed E-state index contributed by atoms with van der Waals surface area (Å²) in [4.78, 5) is 26.9. The lowest BCUT2D eigenvalue weighted by Crippen LogP contribution is -2.68. The van der Waals surface area contributed by atoms with Crippen LogP contribution in [0.4, 0.5) is 0 Å². The zero-order valence-electron chi connectivity index (χ0n) is 12.0. The van der Waals surface area contributed by atoms with Crippen molar-refractivity contribution in [3.05, 3.63) is 47.8 Å². The summed E-state index contributed by atoms with van der Waals surface area (Å²) in [5.41, 5.74) is 9.60. The maximum absolute atomic E-state index is 11.9. The molecule has 0 unspecified atom stereocenters. The van der Waals surface area contributed by atoms with E-state index in [0.717, 1.165) is 5.82 Å². The van der Waals surface area contributed by atoms with Crippen LogP contribution in [0.2, 0.25) is 0 Å². The number of β-lactam (4-membered cyclic amide) rings is 1. The second kappa shape index (κ2) is 5.07. The number of nitrogens with zero attached hydrogens (tertiary/aromatic N) is 3. The summed E-state index contributed by atoms with van der Waals surface area (Å²) in [5, 5.41) is 11.1. The summed E-state index contributed by atoms with van der Waals surface area (Å²) in [6, 6.07) is -0.603. The van der Waals surface area contributed by atoms with Crippen molar-refractivity contribution in [2.45, 2.75) is 11.4 Å². The smallest absolute Gasteiger partial charge is 0.352 e. The number of aliphatic carboxylic acids is 1. The Morgan fingerprint density at radius 2 is 2.30 bits per heavy atom. The Bertz CT molecular complexity index is 713. The third-order valence-corrected chi connectivity index (χ3v) is 5.50. The minimum Gasteiger partial charge on any atom is -0.477 e. The number of carboxylic acids is 1. The molecule has 0 spiro atoms. The molecule has 0 bridgehead atoms. The Hall–Kier alpha value is -2.39. The second-order valence-electron chi connectivity index (χ2n) is 5.50. The highest BCUT2D eigenvalue weighted by Crippen LogP contribution is 2.40. The fraction of sp³-hybridized carbons (Fsp3) is 0.286. The quantitative estimate of drug-likeness (QED) is 0.596. The molecular formula is C14H15N5O3S. The van der Waals surface area contributed by atoms with Crippen LogP contribution in [0.5, 0.6) is 0 Å². The molecule has 23 heavy (non-hydrogen) atoms.